The lowest BCUT2D eigenvalue weighted by atomic mass is 9.74. The van der Waals surface area contributed by atoms with Gasteiger partial charge in [0.05, 0.1) is 17.1 Å². The van der Waals surface area contributed by atoms with Crippen molar-refractivity contribution >= 4 is 12.0 Å². The summed E-state index contributed by atoms with van der Waals surface area (Å²) in [6.07, 6.45) is 1.01. The number of nitrogens with zero attached hydrogens (tertiary/aromatic N) is 3. The van der Waals surface area contributed by atoms with Crippen molar-refractivity contribution in [2.45, 2.75) is 31.8 Å². The largest absolute Gasteiger partial charge is 0.493 e. The molecule has 1 aliphatic heterocycles. The summed E-state index contributed by atoms with van der Waals surface area (Å²) in [5, 5.41) is 18.1. The van der Waals surface area contributed by atoms with Crippen LogP contribution in [0.2, 0.25) is 0 Å². The lowest BCUT2D eigenvalue weighted by Gasteiger charge is -2.30. The lowest BCUT2D eigenvalue weighted by Crippen LogP contribution is -2.40. The average Bonchev–Trinajstić information content (AvgIpc) is 3.37. The monoisotopic (exact) mass is 452 g/mol. The van der Waals surface area contributed by atoms with E-state index in [0.29, 0.717) is 0 Å². The maximum absolute atomic E-state index is 12.5. The summed E-state index contributed by atoms with van der Waals surface area (Å²) >= 11 is 0. The highest BCUT2D eigenvalue weighted by Crippen LogP contribution is 2.45. The van der Waals surface area contributed by atoms with Crippen LogP contribution in [0.4, 0.5) is 5.69 Å². The fourth-order valence-electron chi connectivity index (χ4n) is 5.21. The molecule has 1 saturated heterocycles. The molecule has 34 heavy (non-hydrogen) atoms. The van der Waals surface area contributed by atoms with Crippen LogP contribution in [0.15, 0.2) is 91.0 Å². The minimum Gasteiger partial charge on any atom is -0.493 e. The molecule has 0 aliphatic carbocycles. The molecule has 172 valence electrons. The second kappa shape index (κ2) is 9.15. The van der Waals surface area contributed by atoms with Crippen molar-refractivity contribution in [1.82, 2.24) is 15.2 Å². The van der Waals surface area contributed by atoms with Gasteiger partial charge in [0, 0.05) is 23.4 Å². The molecule has 0 saturated carbocycles. The summed E-state index contributed by atoms with van der Waals surface area (Å²) in [5.41, 5.74) is 7.76. The van der Waals surface area contributed by atoms with Gasteiger partial charge in [-0.25, -0.2) is 10.1 Å². The van der Waals surface area contributed by atoms with Gasteiger partial charge in [-0.2, -0.15) is 5.10 Å². The summed E-state index contributed by atoms with van der Waals surface area (Å²) < 4.78 is 1.58. The Morgan fingerprint density at radius 2 is 1.47 bits per heavy atom. The highest BCUT2D eigenvalue weighted by molar-refractivity contribution is 5.69. The Morgan fingerprint density at radius 1 is 0.912 bits per heavy atom. The maximum Gasteiger partial charge on any atom is 0.218 e. The second-order valence-electron chi connectivity index (χ2n) is 8.79. The third-order valence-electron chi connectivity index (χ3n) is 6.72. The lowest BCUT2D eigenvalue weighted by molar-refractivity contribution is -0.109. The minimum atomic E-state index is -0.429. The van der Waals surface area contributed by atoms with E-state index >= 15 is 0 Å². The number of para-hydroxylation sites is 2. The van der Waals surface area contributed by atoms with Crippen molar-refractivity contribution in [1.29, 1.82) is 0 Å². The number of hydrazine groups is 1. The van der Waals surface area contributed by atoms with E-state index in [1.165, 1.54) is 0 Å². The Hall–Kier alpha value is -3.90. The smallest absolute Gasteiger partial charge is 0.218 e. The van der Waals surface area contributed by atoms with E-state index in [2.05, 4.69) is 24.5 Å². The highest BCUT2D eigenvalue weighted by atomic mass is 16.3. The number of aromatic hydroxyl groups is 1. The molecule has 3 aromatic carbocycles. The van der Waals surface area contributed by atoms with Crippen LogP contribution in [-0.2, 0) is 4.79 Å². The number of carbonyl (C=O) groups excluding carboxylic acids is 1. The first-order valence-corrected chi connectivity index (χ1v) is 11.5. The molecule has 0 radical (unpaired) electrons. The van der Waals surface area contributed by atoms with Gasteiger partial charge in [0.15, 0.2) is 0 Å². The Labute approximate surface area is 199 Å². The summed E-state index contributed by atoms with van der Waals surface area (Å²) in [4.78, 5) is 12.5. The molecular weight excluding hydrogens is 424 g/mol. The van der Waals surface area contributed by atoms with Crippen LogP contribution >= 0.6 is 0 Å². The zero-order chi connectivity index (χ0) is 23.7. The number of rotatable bonds is 6. The number of aryl methyl sites for hydroxylation is 1. The minimum absolute atomic E-state index is 0.0283. The normalized spacial score (nSPS) is 20.9. The molecular formula is C28H28N4O2. The van der Waals surface area contributed by atoms with E-state index < -0.39 is 6.04 Å². The van der Waals surface area contributed by atoms with E-state index in [4.69, 9.17) is 5.10 Å². The van der Waals surface area contributed by atoms with Crippen molar-refractivity contribution in [3.63, 3.8) is 0 Å². The van der Waals surface area contributed by atoms with Crippen LogP contribution in [0.3, 0.4) is 0 Å². The van der Waals surface area contributed by atoms with Crippen molar-refractivity contribution in [3.8, 4) is 11.6 Å². The average molecular weight is 453 g/mol. The molecule has 1 fully saturated rings. The molecule has 0 amide bonds. The molecule has 5 rings (SSSR count). The molecule has 2 N–H and O–H groups in total. The fourth-order valence-corrected chi connectivity index (χ4v) is 5.21. The molecule has 4 aromatic rings. The zero-order valence-corrected chi connectivity index (χ0v) is 19.2. The van der Waals surface area contributed by atoms with Gasteiger partial charge < -0.3 is 9.90 Å². The van der Waals surface area contributed by atoms with Gasteiger partial charge in [0.25, 0.3) is 0 Å². The molecule has 0 spiro atoms. The van der Waals surface area contributed by atoms with Gasteiger partial charge in [0.2, 0.25) is 5.88 Å². The topological polar surface area (TPSA) is 70.4 Å². The number of aromatic nitrogens is 2. The number of anilines is 1. The predicted octanol–water partition coefficient (Wildman–Crippen LogP) is 4.62. The number of benzene rings is 3. The molecule has 1 aliphatic rings. The number of aldehydes is 1. The summed E-state index contributed by atoms with van der Waals surface area (Å²) in [5.74, 6) is -0.282. The van der Waals surface area contributed by atoms with Crippen molar-refractivity contribution in [2.75, 3.05) is 5.01 Å². The SMILES string of the molecule is Cc1nn(-c2ccccc2)c(O)c1C(c1ccccc1)C1C(C)NN(c2ccccc2)C1C=O. The molecule has 2 heterocycles. The molecule has 0 bridgehead atoms. The van der Waals surface area contributed by atoms with Crippen LogP contribution in [0.25, 0.3) is 5.69 Å². The van der Waals surface area contributed by atoms with Crippen molar-refractivity contribution < 1.29 is 9.90 Å². The first-order chi connectivity index (χ1) is 16.6. The van der Waals surface area contributed by atoms with Crippen LogP contribution in [0, 0.1) is 12.8 Å². The Balaban J connectivity index is 1.65. The molecule has 1 aromatic heterocycles. The van der Waals surface area contributed by atoms with Gasteiger partial charge in [-0.3, -0.25) is 5.01 Å². The Morgan fingerprint density at radius 3 is 2.06 bits per heavy atom. The summed E-state index contributed by atoms with van der Waals surface area (Å²) in [7, 11) is 0. The number of nitrogens with one attached hydrogen (secondary N) is 1. The molecule has 4 unspecified atom stereocenters. The maximum atomic E-state index is 12.5. The van der Waals surface area contributed by atoms with Gasteiger partial charge in [-0.05, 0) is 43.7 Å². The third-order valence-corrected chi connectivity index (χ3v) is 6.72. The molecule has 6 nitrogen and oxygen atoms in total. The van der Waals surface area contributed by atoms with E-state index in [1.807, 2.05) is 90.8 Å². The fraction of sp³-hybridized carbons (Fsp3) is 0.214. The van der Waals surface area contributed by atoms with E-state index in [1.54, 1.807) is 4.68 Å². The summed E-state index contributed by atoms with van der Waals surface area (Å²) in [6, 6.07) is 29.1. The number of carbonyl (C=O) groups is 1. The third kappa shape index (κ3) is 3.76. The van der Waals surface area contributed by atoms with Crippen LogP contribution in [0.5, 0.6) is 5.88 Å². The first kappa shape index (κ1) is 21.9. The molecule has 6 heteroatoms. The van der Waals surface area contributed by atoms with Crippen LogP contribution < -0.4 is 10.4 Å². The second-order valence-corrected chi connectivity index (χ2v) is 8.79. The summed E-state index contributed by atoms with van der Waals surface area (Å²) in [6.45, 7) is 4.01. The van der Waals surface area contributed by atoms with Gasteiger partial charge in [-0.1, -0.05) is 66.7 Å². The highest BCUT2D eigenvalue weighted by Gasteiger charge is 2.46. The quantitative estimate of drug-likeness (QED) is 0.418. The number of hydrogen-bond acceptors (Lipinski definition) is 5. The van der Waals surface area contributed by atoms with Gasteiger partial charge >= 0.3 is 0 Å². The standard InChI is InChI=1S/C28H28N4O2/c1-19-25(24(18-33)31(29-19)22-14-8-4-9-15-22)27(21-12-6-3-7-13-21)26-20(2)30-32(28(26)34)23-16-10-5-11-17-23/h3-19,24-25,27,29,34H,1-2H3. The van der Waals surface area contributed by atoms with Crippen LogP contribution in [-0.4, -0.2) is 33.3 Å². The first-order valence-electron chi connectivity index (χ1n) is 11.5. The Kier molecular flexibility index (Phi) is 5.90. The number of hydrogen-bond donors (Lipinski definition) is 2. The molecule has 4 atom stereocenters. The van der Waals surface area contributed by atoms with E-state index in [9.17, 15) is 9.90 Å². The van der Waals surface area contributed by atoms with E-state index in [-0.39, 0.29) is 23.8 Å². The predicted molar refractivity (Wildman–Crippen MR) is 133 cm³/mol. The van der Waals surface area contributed by atoms with Gasteiger partial charge in [-0.15, -0.1) is 0 Å². The van der Waals surface area contributed by atoms with Crippen LogP contribution in [0.1, 0.15) is 29.7 Å². The Bertz CT molecular complexity index is 1260. The zero-order valence-electron chi connectivity index (χ0n) is 19.2. The van der Waals surface area contributed by atoms with Crippen molar-refractivity contribution in [3.05, 3.63) is 108 Å². The van der Waals surface area contributed by atoms with Gasteiger partial charge in [0.1, 0.15) is 12.3 Å². The van der Waals surface area contributed by atoms with E-state index in [0.717, 1.165) is 34.5 Å². The van der Waals surface area contributed by atoms with Crippen molar-refractivity contribution in [2.24, 2.45) is 5.92 Å².